The highest BCUT2D eigenvalue weighted by Crippen LogP contribution is 2.14. The number of aryl methyl sites for hydroxylation is 1. The number of carbonyl (C=O) groups is 2. The van der Waals surface area contributed by atoms with Crippen LogP contribution in [0.25, 0.3) is 0 Å². The van der Waals surface area contributed by atoms with Gasteiger partial charge in [0.25, 0.3) is 5.95 Å². The molecule has 0 aliphatic heterocycles. The van der Waals surface area contributed by atoms with Crippen molar-refractivity contribution < 1.29 is 14.7 Å². The highest BCUT2D eigenvalue weighted by molar-refractivity contribution is 6.03. The number of carbonyl (C=O) groups excluding carboxylic acids is 1. The number of carboxylic acid groups (broad SMARTS) is 1. The minimum atomic E-state index is -1.13. The standard InChI is InChI=1S/C11H12N6O3/c1-16-14-10(13-15-16)12-11(20)17(7-9(18)19)8-5-3-2-4-6-8/h2-6H,7H2,1H3,(H,18,19)(H,12,14,20). The summed E-state index contributed by atoms with van der Waals surface area (Å²) in [7, 11) is 1.55. The van der Waals surface area contributed by atoms with Crippen LogP contribution >= 0.6 is 0 Å². The summed E-state index contributed by atoms with van der Waals surface area (Å²) in [5, 5.41) is 22.2. The van der Waals surface area contributed by atoms with Gasteiger partial charge in [-0.3, -0.25) is 15.0 Å². The van der Waals surface area contributed by atoms with Crippen molar-refractivity contribution in [1.29, 1.82) is 0 Å². The Bertz CT molecular complexity index is 612. The number of aliphatic carboxylic acids is 1. The number of carboxylic acids is 1. The van der Waals surface area contributed by atoms with E-state index < -0.39 is 18.5 Å². The van der Waals surface area contributed by atoms with Crippen LogP contribution in [-0.4, -0.2) is 43.9 Å². The zero-order valence-corrected chi connectivity index (χ0v) is 10.6. The minimum absolute atomic E-state index is 0.00354. The molecule has 104 valence electrons. The zero-order valence-electron chi connectivity index (χ0n) is 10.6. The van der Waals surface area contributed by atoms with Crippen LogP contribution in [0.2, 0.25) is 0 Å². The van der Waals surface area contributed by atoms with Gasteiger partial charge in [0, 0.05) is 5.69 Å². The number of nitrogens with zero attached hydrogens (tertiary/aromatic N) is 5. The third kappa shape index (κ3) is 3.28. The number of hydrogen-bond donors (Lipinski definition) is 2. The fourth-order valence-corrected chi connectivity index (χ4v) is 1.52. The maximum atomic E-state index is 12.1. The van der Waals surface area contributed by atoms with E-state index in [0.717, 1.165) is 4.90 Å². The fourth-order valence-electron chi connectivity index (χ4n) is 1.52. The first-order chi connectivity index (χ1) is 9.56. The topological polar surface area (TPSA) is 113 Å². The molecule has 0 fully saturated rings. The molecule has 2 N–H and O–H groups in total. The molecule has 1 heterocycles. The third-order valence-corrected chi connectivity index (χ3v) is 2.33. The van der Waals surface area contributed by atoms with Crippen LogP contribution in [0.4, 0.5) is 16.4 Å². The molecule has 0 atom stereocenters. The molecule has 0 unspecified atom stereocenters. The first kappa shape index (κ1) is 13.5. The van der Waals surface area contributed by atoms with Gasteiger partial charge in [-0.2, -0.15) is 4.80 Å². The van der Waals surface area contributed by atoms with Crippen molar-refractivity contribution in [2.75, 3.05) is 16.8 Å². The second-order valence-electron chi connectivity index (χ2n) is 3.85. The van der Waals surface area contributed by atoms with Gasteiger partial charge in [-0.15, -0.1) is 5.10 Å². The Balaban J connectivity index is 2.18. The third-order valence-electron chi connectivity index (χ3n) is 2.33. The summed E-state index contributed by atoms with van der Waals surface area (Å²) in [5.74, 6) is -1.13. The lowest BCUT2D eigenvalue weighted by Gasteiger charge is -2.20. The van der Waals surface area contributed by atoms with Crippen LogP contribution in [0.5, 0.6) is 0 Å². The normalized spacial score (nSPS) is 10.1. The smallest absolute Gasteiger partial charge is 0.329 e. The summed E-state index contributed by atoms with van der Waals surface area (Å²) < 4.78 is 0. The van der Waals surface area contributed by atoms with E-state index in [1.54, 1.807) is 37.4 Å². The van der Waals surface area contributed by atoms with Crippen LogP contribution in [0.1, 0.15) is 0 Å². The maximum absolute atomic E-state index is 12.1. The quantitative estimate of drug-likeness (QED) is 0.832. The SMILES string of the molecule is Cn1nnc(NC(=O)N(CC(=O)O)c2ccccc2)n1. The molecule has 2 rings (SSSR count). The van der Waals surface area contributed by atoms with Crippen molar-refractivity contribution in [1.82, 2.24) is 20.2 Å². The van der Waals surface area contributed by atoms with Crippen molar-refractivity contribution in [3.05, 3.63) is 30.3 Å². The average Bonchev–Trinajstić information content (AvgIpc) is 2.82. The van der Waals surface area contributed by atoms with E-state index in [4.69, 9.17) is 5.11 Å². The molecule has 0 aliphatic rings. The molecule has 0 radical (unpaired) electrons. The minimum Gasteiger partial charge on any atom is -0.480 e. The molecule has 9 heteroatoms. The van der Waals surface area contributed by atoms with Crippen LogP contribution in [0.3, 0.4) is 0 Å². The van der Waals surface area contributed by atoms with Crippen molar-refractivity contribution in [3.8, 4) is 0 Å². The lowest BCUT2D eigenvalue weighted by Crippen LogP contribution is -2.39. The molecule has 2 amide bonds. The summed E-state index contributed by atoms with van der Waals surface area (Å²) in [6.07, 6.45) is 0. The predicted octanol–water partition coefficient (Wildman–Crippen LogP) is 0.333. The Morgan fingerprint density at radius 2 is 2.05 bits per heavy atom. The molecule has 0 saturated carbocycles. The van der Waals surface area contributed by atoms with Gasteiger partial charge in [0.15, 0.2) is 0 Å². The van der Waals surface area contributed by atoms with Gasteiger partial charge in [-0.05, 0) is 17.3 Å². The molecule has 20 heavy (non-hydrogen) atoms. The number of rotatable bonds is 4. The number of benzene rings is 1. The molecular weight excluding hydrogens is 264 g/mol. The lowest BCUT2D eigenvalue weighted by atomic mass is 10.3. The second-order valence-corrected chi connectivity index (χ2v) is 3.85. The van der Waals surface area contributed by atoms with E-state index in [1.165, 1.54) is 4.80 Å². The molecule has 0 saturated heterocycles. The summed E-state index contributed by atoms with van der Waals surface area (Å²) in [6.45, 7) is -0.476. The first-order valence-corrected chi connectivity index (χ1v) is 5.65. The van der Waals surface area contributed by atoms with Gasteiger partial charge in [0.2, 0.25) is 0 Å². The number of aromatic nitrogens is 4. The summed E-state index contributed by atoms with van der Waals surface area (Å²) in [6, 6.07) is 7.80. The van der Waals surface area contributed by atoms with Crippen molar-refractivity contribution >= 4 is 23.6 Å². The number of para-hydroxylation sites is 1. The Morgan fingerprint density at radius 1 is 1.35 bits per heavy atom. The van der Waals surface area contributed by atoms with Gasteiger partial charge in [-0.25, -0.2) is 4.79 Å². The van der Waals surface area contributed by atoms with Gasteiger partial charge in [0.1, 0.15) is 6.54 Å². The molecular formula is C11H12N6O3. The van der Waals surface area contributed by atoms with E-state index in [0.29, 0.717) is 5.69 Å². The fraction of sp³-hybridized carbons (Fsp3) is 0.182. The first-order valence-electron chi connectivity index (χ1n) is 5.65. The molecule has 1 aromatic carbocycles. The monoisotopic (exact) mass is 276 g/mol. The Hall–Kier alpha value is -2.97. The van der Waals surface area contributed by atoms with Crippen molar-refractivity contribution in [3.63, 3.8) is 0 Å². The number of anilines is 2. The Labute approximate surface area is 113 Å². The molecule has 0 spiro atoms. The van der Waals surface area contributed by atoms with Crippen LogP contribution in [-0.2, 0) is 11.8 Å². The molecule has 2 aromatic rings. The van der Waals surface area contributed by atoms with E-state index in [1.807, 2.05) is 0 Å². The molecule has 0 bridgehead atoms. The largest absolute Gasteiger partial charge is 0.480 e. The average molecular weight is 276 g/mol. The van der Waals surface area contributed by atoms with E-state index in [2.05, 4.69) is 20.7 Å². The highest BCUT2D eigenvalue weighted by atomic mass is 16.4. The summed E-state index contributed by atoms with van der Waals surface area (Å²) in [4.78, 5) is 25.2. The van der Waals surface area contributed by atoms with E-state index in [-0.39, 0.29) is 5.95 Å². The van der Waals surface area contributed by atoms with Gasteiger partial charge in [0.05, 0.1) is 7.05 Å². The van der Waals surface area contributed by atoms with E-state index in [9.17, 15) is 9.59 Å². The summed E-state index contributed by atoms with van der Waals surface area (Å²) in [5.41, 5.74) is 0.455. The van der Waals surface area contributed by atoms with Crippen molar-refractivity contribution in [2.24, 2.45) is 7.05 Å². The Kier molecular flexibility index (Phi) is 3.89. The number of nitrogens with one attached hydrogen (secondary N) is 1. The van der Waals surface area contributed by atoms with Crippen molar-refractivity contribution in [2.45, 2.75) is 0 Å². The second kappa shape index (κ2) is 5.78. The number of tetrazole rings is 1. The predicted molar refractivity (Wildman–Crippen MR) is 69.2 cm³/mol. The molecule has 9 nitrogen and oxygen atoms in total. The van der Waals surface area contributed by atoms with Crippen LogP contribution in [0.15, 0.2) is 30.3 Å². The van der Waals surface area contributed by atoms with Crippen LogP contribution in [0, 0.1) is 0 Å². The van der Waals surface area contributed by atoms with E-state index >= 15 is 0 Å². The molecule has 1 aromatic heterocycles. The van der Waals surface area contributed by atoms with Crippen LogP contribution < -0.4 is 10.2 Å². The zero-order chi connectivity index (χ0) is 14.5. The number of hydrogen-bond acceptors (Lipinski definition) is 5. The van der Waals surface area contributed by atoms with Gasteiger partial charge >= 0.3 is 12.0 Å². The summed E-state index contributed by atoms with van der Waals surface area (Å²) >= 11 is 0. The van der Waals surface area contributed by atoms with Gasteiger partial charge in [-0.1, -0.05) is 23.3 Å². The maximum Gasteiger partial charge on any atom is 0.329 e. The number of urea groups is 1. The molecule has 0 aliphatic carbocycles. The van der Waals surface area contributed by atoms with Gasteiger partial charge < -0.3 is 5.11 Å². The Morgan fingerprint density at radius 3 is 2.60 bits per heavy atom. The number of amides is 2. The highest BCUT2D eigenvalue weighted by Gasteiger charge is 2.20. The lowest BCUT2D eigenvalue weighted by molar-refractivity contribution is -0.135.